The monoisotopic (exact) mass is 134 g/mol. The van der Waals surface area contributed by atoms with Crippen molar-refractivity contribution in [1.82, 2.24) is 0 Å². The van der Waals surface area contributed by atoms with Gasteiger partial charge in [0.05, 0.1) is 12.7 Å². The van der Waals surface area contributed by atoms with Crippen molar-refractivity contribution in [3.8, 4) is 0 Å². The molecule has 0 unspecified atom stereocenters. The Morgan fingerprint density at radius 3 is 2.22 bits per heavy atom. The Labute approximate surface area is 55.3 Å². The average Bonchev–Trinajstić information content (AvgIpc) is 1.87. The summed E-state index contributed by atoms with van der Waals surface area (Å²) in [5, 5.41) is 17.9. The van der Waals surface area contributed by atoms with Crippen LogP contribution in [-0.2, 0) is 4.74 Å². The number of methoxy groups -OCH3 is 1. The molecular formula is C6H14O3. The molecule has 0 radical (unpaired) electrons. The van der Waals surface area contributed by atoms with Crippen molar-refractivity contribution in [3.63, 3.8) is 0 Å². The lowest BCUT2D eigenvalue weighted by molar-refractivity contribution is -0.0270. The predicted molar refractivity (Wildman–Crippen MR) is 34.2 cm³/mol. The van der Waals surface area contributed by atoms with Crippen molar-refractivity contribution < 1.29 is 14.9 Å². The molecule has 0 aromatic carbocycles. The lowest BCUT2D eigenvalue weighted by Gasteiger charge is -2.13. The Kier molecular flexibility index (Phi) is 4.67. The van der Waals surface area contributed by atoms with Crippen LogP contribution in [0.4, 0.5) is 0 Å². The number of ether oxygens (including phenoxy) is 1. The molecule has 2 N–H and O–H groups in total. The van der Waals surface area contributed by atoms with Gasteiger partial charge in [-0.15, -0.1) is 0 Å². The molecule has 0 fully saturated rings. The van der Waals surface area contributed by atoms with E-state index in [-0.39, 0.29) is 6.61 Å². The Morgan fingerprint density at radius 2 is 1.89 bits per heavy atom. The van der Waals surface area contributed by atoms with Crippen LogP contribution in [0.3, 0.4) is 0 Å². The van der Waals surface area contributed by atoms with Crippen molar-refractivity contribution >= 4 is 0 Å². The van der Waals surface area contributed by atoms with E-state index in [0.29, 0.717) is 6.42 Å². The highest BCUT2D eigenvalue weighted by Crippen LogP contribution is 1.97. The summed E-state index contributed by atoms with van der Waals surface area (Å²) in [5.74, 6) is 0. The van der Waals surface area contributed by atoms with Gasteiger partial charge < -0.3 is 14.9 Å². The van der Waals surface area contributed by atoms with Gasteiger partial charge in [-0.25, -0.2) is 0 Å². The van der Waals surface area contributed by atoms with Crippen LogP contribution in [0.5, 0.6) is 0 Å². The first-order valence-corrected chi connectivity index (χ1v) is 3.07. The number of rotatable bonds is 4. The summed E-state index contributed by atoms with van der Waals surface area (Å²) in [6, 6.07) is 0. The van der Waals surface area contributed by atoms with E-state index in [1.807, 2.05) is 6.92 Å². The third-order valence-electron chi connectivity index (χ3n) is 1.20. The Morgan fingerprint density at radius 1 is 1.33 bits per heavy atom. The third-order valence-corrected chi connectivity index (χ3v) is 1.20. The van der Waals surface area contributed by atoms with Gasteiger partial charge in [0.1, 0.15) is 6.10 Å². The molecule has 0 aliphatic heterocycles. The van der Waals surface area contributed by atoms with Crippen molar-refractivity contribution in [2.24, 2.45) is 0 Å². The van der Waals surface area contributed by atoms with Crippen molar-refractivity contribution in [3.05, 3.63) is 0 Å². The summed E-state index contributed by atoms with van der Waals surface area (Å²) >= 11 is 0. The van der Waals surface area contributed by atoms with E-state index in [0.717, 1.165) is 0 Å². The molecule has 0 rings (SSSR count). The largest absolute Gasteiger partial charge is 0.390 e. The molecule has 0 bridgehead atoms. The molecule has 0 amide bonds. The lowest BCUT2D eigenvalue weighted by atomic mass is 10.2. The summed E-state index contributed by atoms with van der Waals surface area (Å²) in [4.78, 5) is 0. The van der Waals surface area contributed by atoms with Crippen LogP contribution in [-0.4, -0.2) is 36.1 Å². The van der Waals surface area contributed by atoms with Crippen molar-refractivity contribution in [2.45, 2.75) is 25.6 Å². The van der Waals surface area contributed by atoms with Crippen LogP contribution in [0.1, 0.15) is 13.3 Å². The van der Waals surface area contributed by atoms with Gasteiger partial charge in [0, 0.05) is 7.11 Å². The maximum absolute atomic E-state index is 8.94. The maximum atomic E-state index is 8.94. The second-order valence-corrected chi connectivity index (χ2v) is 2.00. The minimum atomic E-state index is -0.736. The molecule has 0 aromatic rings. The number of aliphatic hydroxyl groups is 2. The molecule has 0 aliphatic rings. The van der Waals surface area contributed by atoms with Gasteiger partial charge in [-0.3, -0.25) is 0 Å². The van der Waals surface area contributed by atoms with E-state index in [4.69, 9.17) is 10.2 Å². The molecule has 2 atom stereocenters. The van der Waals surface area contributed by atoms with Gasteiger partial charge in [-0.1, -0.05) is 6.92 Å². The summed E-state index contributed by atoms with van der Waals surface area (Å²) in [5.41, 5.74) is 0. The van der Waals surface area contributed by atoms with E-state index in [1.54, 1.807) is 0 Å². The maximum Gasteiger partial charge on any atom is 0.103 e. The first kappa shape index (κ1) is 8.88. The third kappa shape index (κ3) is 3.46. The van der Waals surface area contributed by atoms with E-state index in [9.17, 15) is 0 Å². The molecule has 9 heavy (non-hydrogen) atoms. The second kappa shape index (κ2) is 4.73. The standard InChI is InChI=1S/C6H14O3/c1-3-5(7)6(8)4-9-2/h5-8H,3-4H2,1-2H3/t5-,6-/m1/s1. The van der Waals surface area contributed by atoms with Gasteiger partial charge >= 0.3 is 0 Å². The zero-order valence-electron chi connectivity index (χ0n) is 5.87. The topological polar surface area (TPSA) is 49.7 Å². The van der Waals surface area contributed by atoms with E-state index in [1.165, 1.54) is 7.11 Å². The number of hydrogen-bond acceptors (Lipinski definition) is 3. The van der Waals surface area contributed by atoms with Crippen LogP contribution in [0.15, 0.2) is 0 Å². The lowest BCUT2D eigenvalue weighted by Crippen LogP contribution is -2.29. The zero-order chi connectivity index (χ0) is 7.28. The van der Waals surface area contributed by atoms with Gasteiger partial charge in [0.2, 0.25) is 0 Å². The molecule has 0 aromatic heterocycles. The van der Waals surface area contributed by atoms with E-state index in [2.05, 4.69) is 4.74 Å². The first-order chi connectivity index (χ1) is 4.22. The number of hydrogen-bond donors (Lipinski definition) is 2. The molecule has 56 valence electrons. The fourth-order valence-corrected chi connectivity index (χ4v) is 0.554. The number of aliphatic hydroxyl groups excluding tert-OH is 2. The van der Waals surface area contributed by atoms with Crippen LogP contribution in [0, 0.1) is 0 Å². The summed E-state index contributed by atoms with van der Waals surface area (Å²) in [6.07, 6.45) is -0.824. The predicted octanol–water partition coefficient (Wildman–Crippen LogP) is -0.235. The van der Waals surface area contributed by atoms with Gasteiger partial charge in [0.15, 0.2) is 0 Å². The average molecular weight is 134 g/mol. The Hall–Kier alpha value is -0.120. The van der Waals surface area contributed by atoms with Crippen molar-refractivity contribution in [2.75, 3.05) is 13.7 Å². The Balaban J connectivity index is 3.32. The van der Waals surface area contributed by atoms with Crippen molar-refractivity contribution in [1.29, 1.82) is 0 Å². The van der Waals surface area contributed by atoms with Gasteiger partial charge in [-0.2, -0.15) is 0 Å². The molecule has 0 heterocycles. The summed E-state index contributed by atoms with van der Waals surface area (Å²) < 4.78 is 4.62. The molecule has 0 aliphatic carbocycles. The zero-order valence-corrected chi connectivity index (χ0v) is 5.87. The van der Waals surface area contributed by atoms with E-state index >= 15 is 0 Å². The van der Waals surface area contributed by atoms with Crippen LogP contribution < -0.4 is 0 Å². The highest BCUT2D eigenvalue weighted by atomic mass is 16.5. The molecule has 0 saturated carbocycles. The van der Waals surface area contributed by atoms with Gasteiger partial charge in [0.25, 0.3) is 0 Å². The Bertz CT molecular complexity index is 65.3. The van der Waals surface area contributed by atoms with Crippen LogP contribution in [0.2, 0.25) is 0 Å². The highest BCUT2D eigenvalue weighted by Gasteiger charge is 2.12. The van der Waals surface area contributed by atoms with Crippen LogP contribution in [0.25, 0.3) is 0 Å². The van der Waals surface area contributed by atoms with Crippen LogP contribution >= 0.6 is 0 Å². The SMILES string of the molecule is CC[C@@H](O)[C@H](O)COC. The molecule has 3 heteroatoms. The fraction of sp³-hybridized carbons (Fsp3) is 1.00. The normalized spacial score (nSPS) is 17.3. The molecule has 0 saturated heterocycles. The molecule has 3 nitrogen and oxygen atoms in total. The minimum absolute atomic E-state index is 0.203. The molecule has 0 spiro atoms. The first-order valence-electron chi connectivity index (χ1n) is 3.07. The quantitative estimate of drug-likeness (QED) is 0.558. The fourth-order valence-electron chi connectivity index (χ4n) is 0.554. The highest BCUT2D eigenvalue weighted by molar-refractivity contribution is 4.63. The summed E-state index contributed by atoms with van der Waals surface area (Å²) in [6.45, 7) is 2.01. The smallest absolute Gasteiger partial charge is 0.103 e. The van der Waals surface area contributed by atoms with E-state index < -0.39 is 12.2 Å². The summed E-state index contributed by atoms with van der Waals surface area (Å²) in [7, 11) is 1.49. The van der Waals surface area contributed by atoms with Gasteiger partial charge in [-0.05, 0) is 6.42 Å². The second-order valence-electron chi connectivity index (χ2n) is 2.00. The molecular weight excluding hydrogens is 120 g/mol. The minimum Gasteiger partial charge on any atom is -0.390 e.